The first kappa shape index (κ1) is 28.8. The highest BCUT2D eigenvalue weighted by Crippen LogP contribution is 2.33. The van der Waals surface area contributed by atoms with Crippen molar-refractivity contribution in [3.63, 3.8) is 0 Å². The fraction of sp³-hybridized carbons (Fsp3) is 0.520. The molecule has 2 heterocycles. The van der Waals surface area contributed by atoms with Gasteiger partial charge in [0.15, 0.2) is 5.58 Å². The van der Waals surface area contributed by atoms with Gasteiger partial charge in [0.05, 0.1) is 5.69 Å². The van der Waals surface area contributed by atoms with Crippen molar-refractivity contribution < 1.29 is 38.2 Å². The van der Waals surface area contributed by atoms with Crippen LogP contribution in [0.3, 0.4) is 0 Å². The molecule has 2 aromatic rings. The first-order valence-corrected chi connectivity index (χ1v) is 12.0. The average Bonchev–Trinajstić information content (AvgIpc) is 3.25. The third kappa shape index (κ3) is 8.63. The van der Waals surface area contributed by atoms with Gasteiger partial charge in [-0.1, -0.05) is 19.0 Å². The van der Waals surface area contributed by atoms with Crippen molar-refractivity contribution in [2.75, 3.05) is 19.6 Å². The average molecular weight is 508 g/mol. The molecule has 0 unspecified atom stereocenters. The van der Waals surface area contributed by atoms with Gasteiger partial charge in [-0.05, 0) is 70.3 Å². The highest BCUT2D eigenvalue weighted by Gasteiger charge is 2.30. The Morgan fingerprint density at radius 3 is 2.33 bits per heavy atom. The maximum Gasteiger partial charge on any atom is 0.405 e. The number of hydrogen-bond acceptors (Lipinski definition) is 7. The Labute approximate surface area is 208 Å². The summed E-state index contributed by atoms with van der Waals surface area (Å²) in [5.41, 5.74) is 6.26. The zero-order valence-corrected chi connectivity index (χ0v) is 20.6. The summed E-state index contributed by atoms with van der Waals surface area (Å²) in [5, 5.41) is 20.7. The molecule has 36 heavy (non-hydrogen) atoms. The molecule has 1 amide bonds. The lowest BCUT2D eigenvalue weighted by atomic mass is 9.90. The van der Waals surface area contributed by atoms with E-state index >= 15 is 0 Å². The van der Waals surface area contributed by atoms with E-state index < -0.39 is 23.6 Å². The molecule has 3 rings (SSSR count). The Bertz CT molecular complexity index is 1040. The Hall–Kier alpha value is -3.47. The number of nitrogens with zero attached hydrogens (tertiary/aromatic N) is 2. The molecule has 0 atom stereocenters. The predicted molar refractivity (Wildman–Crippen MR) is 130 cm³/mol. The second kappa shape index (κ2) is 13.6. The molecule has 1 fully saturated rings. The number of carbonyl (C=O) groups is 3. The number of amides is 1. The highest BCUT2D eigenvalue weighted by atomic mass is 19.1. The van der Waals surface area contributed by atoms with Crippen LogP contribution in [0, 0.1) is 5.82 Å². The summed E-state index contributed by atoms with van der Waals surface area (Å²) in [6.45, 7) is 7.02. The summed E-state index contributed by atoms with van der Waals surface area (Å²) in [5.74, 6) is -2.48. The lowest BCUT2D eigenvalue weighted by molar-refractivity contribution is -0.134. The largest absolute Gasteiger partial charge is 0.478 e. The molecule has 198 valence electrons. The predicted octanol–water partition coefficient (Wildman–Crippen LogP) is 4.29. The number of carboxylic acid groups (broad SMARTS) is 2. The lowest BCUT2D eigenvalue weighted by Gasteiger charge is -2.34. The number of likely N-dealkylation sites (tertiary alicyclic amines) is 1. The minimum absolute atomic E-state index is 0.305. The van der Waals surface area contributed by atoms with Gasteiger partial charge in [0.25, 0.3) is 0 Å². The van der Waals surface area contributed by atoms with E-state index in [1.54, 1.807) is 6.07 Å². The van der Waals surface area contributed by atoms with Crippen LogP contribution in [0.25, 0.3) is 11.0 Å². The lowest BCUT2D eigenvalue weighted by Crippen LogP contribution is -2.38. The molecule has 0 saturated carbocycles. The van der Waals surface area contributed by atoms with E-state index in [1.807, 2.05) is 13.8 Å². The van der Waals surface area contributed by atoms with Gasteiger partial charge < -0.3 is 30.1 Å². The minimum Gasteiger partial charge on any atom is -0.478 e. The molecule has 0 radical (unpaired) electrons. The molecule has 1 saturated heterocycles. The number of hydrogen-bond donors (Lipinski definition) is 3. The number of benzene rings is 1. The van der Waals surface area contributed by atoms with Crippen molar-refractivity contribution >= 4 is 29.0 Å². The van der Waals surface area contributed by atoms with Gasteiger partial charge in [-0.3, -0.25) is 0 Å². The van der Waals surface area contributed by atoms with Crippen LogP contribution in [-0.2, 0) is 14.3 Å². The van der Waals surface area contributed by atoms with E-state index in [9.17, 15) is 18.8 Å². The van der Waals surface area contributed by atoms with E-state index in [4.69, 9.17) is 25.2 Å². The summed E-state index contributed by atoms with van der Waals surface area (Å²) < 4.78 is 24.1. The van der Waals surface area contributed by atoms with Gasteiger partial charge in [0, 0.05) is 29.5 Å². The first-order chi connectivity index (χ1) is 17.1. The number of aliphatic carboxylic acids is 2. The number of fused-ring (bicyclic) bond motifs is 1. The number of aromatic nitrogens is 1. The normalized spacial score (nSPS) is 15.0. The summed E-state index contributed by atoms with van der Waals surface area (Å²) in [6, 6.07) is 4.61. The van der Waals surface area contributed by atoms with Gasteiger partial charge in [0.1, 0.15) is 11.4 Å². The second-order valence-corrected chi connectivity index (χ2v) is 8.75. The second-order valence-electron chi connectivity index (χ2n) is 8.75. The Kier molecular flexibility index (Phi) is 10.8. The van der Waals surface area contributed by atoms with E-state index in [0.29, 0.717) is 23.7 Å². The zero-order valence-electron chi connectivity index (χ0n) is 20.6. The fourth-order valence-electron chi connectivity index (χ4n) is 4.44. The van der Waals surface area contributed by atoms with Gasteiger partial charge in [0.2, 0.25) is 0 Å². The number of carbonyl (C=O) groups excluding carboxylic acids is 1. The highest BCUT2D eigenvalue weighted by molar-refractivity contribution is 5.89. The van der Waals surface area contributed by atoms with Crippen molar-refractivity contribution in [1.29, 1.82) is 0 Å². The number of halogens is 1. The van der Waals surface area contributed by atoms with Crippen LogP contribution < -0.4 is 5.73 Å². The summed E-state index contributed by atoms with van der Waals surface area (Å²) in [4.78, 5) is 32.8. The number of nitrogens with two attached hydrogens (primary N) is 1. The molecule has 1 aliphatic heterocycles. The van der Waals surface area contributed by atoms with Crippen molar-refractivity contribution in [1.82, 2.24) is 10.1 Å². The van der Waals surface area contributed by atoms with Crippen LogP contribution >= 0.6 is 0 Å². The number of piperidine rings is 1. The molecule has 0 aliphatic carbocycles. The monoisotopic (exact) mass is 507 g/mol. The molecule has 1 aromatic heterocycles. The number of carboxylic acids is 2. The van der Waals surface area contributed by atoms with Gasteiger partial charge >= 0.3 is 18.0 Å². The van der Waals surface area contributed by atoms with E-state index in [0.717, 1.165) is 69.2 Å². The maximum absolute atomic E-state index is 13.3. The standard InChI is InChI=1S/C21H30FN3O3.C4H4O4/c1-3-21(4-2,27-20(23)26)10-5-11-25-12-8-15(9-13-25)19-17-7-6-16(22)14-18(17)28-24-19;5-3(6)1-2-4(7)8/h6-7,14-15H,3-5,8-13H2,1-2H3,(H2,23,26);1-2H,(H,5,6)(H,7,8). The number of rotatable bonds is 10. The molecular weight excluding hydrogens is 473 g/mol. The van der Waals surface area contributed by atoms with E-state index in [2.05, 4.69) is 10.1 Å². The first-order valence-electron chi connectivity index (χ1n) is 12.0. The fourth-order valence-corrected chi connectivity index (χ4v) is 4.44. The van der Waals surface area contributed by atoms with Crippen molar-refractivity contribution in [3.8, 4) is 0 Å². The Morgan fingerprint density at radius 2 is 1.81 bits per heavy atom. The van der Waals surface area contributed by atoms with E-state index in [-0.39, 0.29) is 5.82 Å². The molecule has 1 aliphatic rings. The van der Waals surface area contributed by atoms with E-state index in [1.165, 1.54) is 12.1 Å². The number of primary amides is 1. The molecule has 0 bridgehead atoms. The van der Waals surface area contributed by atoms with Gasteiger partial charge in [-0.15, -0.1) is 0 Å². The van der Waals surface area contributed by atoms with Gasteiger partial charge in [-0.25, -0.2) is 18.8 Å². The molecule has 10 nitrogen and oxygen atoms in total. The van der Waals surface area contributed by atoms with Crippen molar-refractivity contribution in [3.05, 3.63) is 41.9 Å². The summed E-state index contributed by atoms with van der Waals surface area (Å²) in [6.07, 6.45) is 5.76. The summed E-state index contributed by atoms with van der Waals surface area (Å²) >= 11 is 0. The zero-order chi connectivity index (χ0) is 26.7. The minimum atomic E-state index is -1.26. The topological polar surface area (TPSA) is 156 Å². The number of ether oxygens (including phenoxy) is 1. The maximum atomic E-state index is 13.3. The third-order valence-electron chi connectivity index (χ3n) is 6.52. The molecule has 11 heteroatoms. The van der Waals surface area contributed by atoms with Crippen LogP contribution in [0.4, 0.5) is 9.18 Å². The molecule has 4 N–H and O–H groups in total. The SMILES string of the molecule is CCC(CC)(CCCN1CCC(c2noc3cc(F)ccc23)CC1)OC(N)=O.O=C(O)C=CC(=O)O. The van der Waals surface area contributed by atoms with Crippen molar-refractivity contribution in [2.24, 2.45) is 5.73 Å². The molecular formula is C25H34FN3O7. The van der Waals surface area contributed by atoms with Crippen LogP contribution in [-0.4, -0.2) is 63.5 Å². The third-order valence-corrected chi connectivity index (χ3v) is 6.52. The van der Waals surface area contributed by atoms with Crippen LogP contribution in [0.1, 0.15) is 64.0 Å². The smallest absolute Gasteiger partial charge is 0.405 e. The molecule has 0 spiro atoms. The summed E-state index contributed by atoms with van der Waals surface area (Å²) in [7, 11) is 0. The quantitative estimate of drug-likeness (QED) is 0.399. The Morgan fingerprint density at radius 1 is 1.19 bits per heavy atom. The van der Waals surface area contributed by atoms with Crippen LogP contribution in [0.5, 0.6) is 0 Å². The Balaban J connectivity index is 0.000000493. The van der Waals surface area contributed by atoms with Crippen LogP contribution in [0.2, 0.25) is 0 Å². The van der Waals surface area contributed by atoms with Crippen LogP contribution in [0.15, 0.2) is 34.9 Å². The van der Waals surface area contributed by atoms with Gasteiger partial charge in [-0.2, -0.15) is 0 Å². The van der Waals surface area contributed by atoms with Crippen molar-refractivity contribution in [2.45, 2.75) is 63.9 Å². The molecule has 1 aromatic carbocycles.